The second-order valence-corrected chi connectivity index (χ2v) is 5.50. The fourth-order valence-electron chi connectivity index (χ4n) is 2.39. The molecule has 0 saturated carbocycles. The van der Waals surface area contributed by atoms with Crippen LogP contribution in [0.5, 0.6) is 11.5 Å². The summed E-state index contributed by atoms with van der Waals surface area (Å²) < 4.78 is 11.3. The molecule has 2 aromatic rings. The van der Waals surface area contributed by atoms with Gasteiger partial charge in [-0.2, -0.15) is 0 Å². The van der Waals surface area contributed by atoms with E-state index in [2.05, 4.69) is 21.7 Å². The molecule has 25 heavy (non-hydrogen) atoms. The van der Waals surface area contributed by atoms with Gasteiger partial charge in [-0.05, 0) is 32.9 Å². The van der Waals surface area contributed by atoms with Crippen molar-refractivity contribution in [3.05, 3.63) is 65.8 Å². The van der Waals surface area contributed by atoms with Gasteiger partial charge in [0, 0.05) is 29.7 Å². The van der Waals surface area contributed by atoms with E-state index in [-0.39, 0.29) is 0 Å². The number of nitrogens with two attached hydrogens (primary N) is 1. The fourth-order valence-corrected chi connectivity index (χ4v) is 2.39. The number of para-hydroxylation sites is 1. The molecule has 2 rings (SSSR count). The Labute approximate surface area is 147 Å². The van der Waals surface area contributed by atoms with Crippen molar-refractivity contribution in [3.63, 3.8) is 0 Å². The molecule has 0 spiro atoms. The molecule has 0 aliphatic carbocycles. The highest BCUT2D eigenvalue weighted by molar-refractivity contribution is 6.29. The van der Waals surface area contributed by atoms with Crippen LogP contribution in [-0.4, -0.2) is 23.6 Å². The molecule has 1 aromatic carbocycles. The number of nitrogens with zero attached hydrogens (tertiary/aromatic N) is 3. The Kier molecular flexibility index (Phi) is 5.89. The van der Waals surface area contributed by atoms with Crippen LogP contribution in [0.1, 0.15) is 26.5 Å². The summed E-state index contributed by atoms with van der Waals surface area (Å²) in [6, 6.07) is 9.37. The Morgan fingerprint density at radius 1 is 1.20 bits per heavy atom. The monoisotopic (exact) mass is 338 g/mol. The lowest BCUT2D eigenvalue weighted by Crippen LogP contribution is -2.17. The first-order valence-corrected chi connectivity index (χ1v) is 7.76. The minimum Gasteiger partial charge on any atom is -0.451 e. The third kappa shape index (κ3) is 4.44. The highest BCUT2D eigenvalue weighted by atomic mass is 16.5. The SMILES string of the molecule is C=C(C)N=C(C)/C(C(=NC)c1oncc1Oc1ccccc1)=C(\C)N. The summed E-state index contributed by atoms with van der Waals surface area (Å²) >= 11 is 0. The number of ether oxygens (including phenoxy) is 1. The predicted molar refractivity (Wildman–Crippen MR) is 100 cm³/mol. The summed E-state index contributed by atoms with van der Waals surface area (Å²) in [5.41, 5.74) is 9.19. The molecule has 0 atom stereocenters. The van der Waals surface area contributed by atoms with Crippen molar-refractivity contribution in [2.24, 2.45) is 15.7 Å². The van der Waals surface area contributed by atoms with Crippen LogP contribution in [0.25, 0.3) is 0 Å². The molecule has 2 N–H and O–H groups in total. The molecule has 0 aliphatic rings. The number of benzene rings is 1. The molecule has 130 valence electrons. The van der Waals surface area contributed by atoms with E-state index in [1.807, 2.05) is 44.2 Å². The number of aliphatic imine (C=N–C) groups is 2. The van der Waals surface area contributed by atoms with Gasteiger partial charge in [-0.15, -0.1) is 0 Å². The van der Waals surface area contributed by atoms with Gasteiger partial charge in [-0.25, -0.2) is 0 Å². The Balaban J connectivity index is 2.47. The molecular weight excluding hydrogens is 316 g/mol. The molecule has 1 heterocycles. The Morgan fingerprint density at radius 3 is 2.44 bits per heavy atom. The van der Waals surface area contributed by atoms with E-state index < -0.39 is 0 Å². The van der Waals surface area contributed by atoms with E-state index in [1.165, 1.54) is 6.20 Å². The zero-order chi connectivity index (χ0) is 18.4. The van der Waals surface area contributed by atoms with Crippen molar-refractivity contribution in [3.8, 4) is 11.5 Å². The summed E-state index contributed by atoms with van der Waals surface area (Å²) in [5.74, 6) is 1.51. The number of hydrogen-bond donors (Lipinski definition) is 1. The fraction of sp³-hybridized carbons (Fsp3) is 0.211. The van der Waals surface area contributed by atoms with E-state index in [1.54, 1.807) is 14.0 Å². The first kappa shape index (κ1) is 18.2. The van der Waals surface area contributed by atoms with Crippen molar-refractivity contribution < 1.29 is 9.26 Å². The van der Waals surface area contributed by atoms with E-state index in [9.17, 15) is 0 Å². The number of allylic oxidation sites excluding steroid dienone is 3. The highest BCUT2D eigenvalue weighted by Gasteiger charge is 2.23. The third-order valence-electron chi connectivity index (χ3n) is 3.30. The molecule has 0 fully saturated rings. The van der Waals surface area contributed by atoms with E-state index >= 15 is 0 Å². The molecule has 0 saturated heterocycles. The maximum Gasteiger partial charge on any atom is 0.227 e. The molecule has 0 unspecified atom stereocenters. The van der Waals surface area contributed by atoms with Gasteiger partial charge in [0.1, 0.15) is 17.7 Å². The van der Waals surface area contributed by atoms with Crippen LogP contribution in [0.15, 0.2) is 74.6 Å². The number of aromatic nitrogens is 1. The normalized spacial score (nSPS) is 13.4. The topological polar surface area (TPSA) is 86.0 Å². The van der Waals surface area contributed by atoms with Gasteiger partial charge in [0.2, 0.25) is 5.76 Å². The van der Waals surface area contributed by atoms with Gasteiger partial charge in [0.05, 0.1) is 0 Å². The lowest BCUT2D eigenvalue weighted by Gasteiger charge is -2.12. The lowest BCUT2D eigenvalue weighted by molar-refractivity contribution is 0.403. The molecule has 0 amide bonds. The first-order chi connectivity index (χ1) is 11.9. The summed E-state index contributed by atoms with van der Waals surface area (Å²) in [6.07, 6.45) is 1.50. The third-order valence-corrected chi connectivity index (χ3v) is 3.30. The van der Waals surface area contributed by atoms with Gasteiger partial charge in [-0.3, -0.25) is 9.98 Å². The predicted octanol–water partition coefficient (Wildman–Crippen LogP) is 4.11. The second-order valence-electron chi connectivity index (χ2n) is 5.50. The van der Waals surface area contributed by atoms with E-state index in [0.29, 0.717) is 45.6 Å². The minimum atomic E-state index is 0.391. The molecule has 6 heteroatoms. The maximum atomic E-state index is 6.08. The van der Waals surface area contributed by atoms with Crippen LogP contribution in [0.3, 0.4) is 0 Å². The largest absolute Gasteiger partial charge is 0.451 e. The average Bonchev–Trinajstić information content (AvgIpc) is 3.00. The van der Waals surface area contributed by atoms with Gasteiger partial charge in [0.15, 0.2) is 5.75 Å². The van der Waals surface area contributed by atoms with Crippen LogP contribution < -0.4 is 10.5 Å². The molecule has 6 nitrogen and oxygen atoms in total. The summed E-state index contributed by atoms with van der Waals surface area (Å²) in [4.78, 5) is 8.73. The molecule has 0 aliphatic heterocycles. The van der Waals surface area contributed by atoms with Crippen LogP contribution in [-0.2, 0) is 0 Å². The summed E-state index contributed by atoms with van der Waals surface area (Å²) in [7, 11) is 1.65. The maximum absolute atomic E-state index is 6.08. The molecule has 1 aromatic heterocycles. The Bertz CT molecular complexity index is 841. The second kappa shape index (κ2) is 8.10. The quantitative estimate of drug-likeness (QED) is 0.803. The first-order valence-electron chi connectivity index (χ1n) is 7.76. The van der Waals surface area contributed by atoms with Gasteiger partial charge in [0.25, 0.3) is 0 Å². The van der Waals surface area contributed by atoms with Gasteiger partial charge >= 0.3 is 0 Å². The van der Waals surface area contributed by atoms with Crippen molar-refractivity contribution in [2.75, 3.05) is 7.05 Å². The average molecular weight is 338 g/mol. The zero-order valence-corrected chi connectivity index (χ0v) is 14.9. The summed E-state index contributed by atoms with van der Waals surface area (Å²) in [6.45, 7) is 9.25. The summed E-state index contributed by atoms with van der Waals surface area (Å²) in [5, 5.41) is 3.85. The van der Waals surface area contributed by atoms with Crippen molar-refractivity contribution in [1.82, 2.24) is 5.16 Å². The number of rotatable bonds is 6. The van der Waals surface area contributed by atoms with E-state index in [4.69, 9.17) is 15.0 Å². The van der Waals surface area contributed by atoms with Crippen LogP contribution in [0.4, 0.5) is 0 Å². The van der Waals surface area contributed by atoms with Gasteiger partial charge in [-0.1, -0.05) is 29.9 Å². The van der Waals surface area contributed by atoms with Crippen molar-refractivity contribution >= 4 is 11.4 Å². The van der Waals surface area contributed by atoms with Crippen LogP contribution in [0, 0.1) is 0 Å². The molecule has 0 radical (unpaired) electrons. The van der Waals surface area contributed by atoms with Crippen LogP contribution in [0.2, 0.25) is 0 Å². The zero-order valence-electron chi connectivity index (χ0n) is 14.9. The van der Waals surface area contributed by atoms with Crippen molar-refractivity contribution in [2.45, 2.75) is 20.8 Å². The lowest BCUT2D eigenvalue weighted by atomic mass is 10.0. The smallest absolute Gasteiger partial charge is 0.227 e. The Hall–Kier alpha value is -3.15. The van der Waals surface area contributed by atoms with Gasteiger partial charge < -0.3 is 15.0 Å². The van der Waals surface area contributed by atoms with Crippen molar-refractivity contribution in [1.29, 1.82) is 0 Å². The Morgan fingerprint density at radius 2 is 1.88 bits per heavy atom. The minimum absolute atomic E-state index is 0.391. The van der Waals surface area contributed by atoms with Crippen LogP contribution >= 0.6 is 0 Å². The molecular formula is C19H22N4O2. The highest BCUT2D eigenvalue weighted by Crippen LogP contribution is 2.28. The standard InChI is InChI=1S/C19H22N4O2/c1-12(2)23-14(4)17(13(3)20)18(21-5)19-16(11-22-25-19)24-15-9-7-6-8-10-15/h6-11H,1,20H2,2-5H3/b17-13-,21-18?,23-14?. The molecule has 0 bridgehead atoms. The van der Waals surface area contributed by atoms with E-state index in [0.717, 1.165) is 0 Å². The number of hydrogen-bond acceptors (Lipinski definition) is 6.